The summed E-state index contributed by atoms with van der Waals surface area (Å²) in [6.07, 6.45) is -1.18. The molecule has 0 fully saturated rings. The Morgan fingerprint density at radius 3 is 2.68 bits per heavy atom. The van der Waals surface area contributed by atoms with E-state index in [2.05, 4.69) is 5.10 Å². The highest BCUT2D eigenvalue weighted by atomic mass is 19.4. The number of hydrogen-bond acceptors (Lipinski definition) is 3. The molecular formula is C14H8F3N3O2. The number of alkyl halides is 3. The summed E-state index contributed by atoms with van der Waals surface area (Å²) in [7, 11) is 0. The van der Waals surface area contributed by atoms with Crippen molar-refractivity contribution in [2.45, 2.75) is 6.18 Å². The molecule has 0 saturated heterocycles. The second-order valence-corrected chi connectivity index (χ2v) is 4.20. The molecule has 0 amide bonds. The predicted octanol–water partition coefficient (Wildman–Crippen LogP) is 2.86. The normalized spacial score (nSPS) is 11.5. The average Bonchev–Trinajstić information content (AvgIpc) is 2.92. The molecule has 1 aromatic carbocycles. The molecule has 0 atom stereocenters. The smallest absolute Gasteiger partial charge is 0.417 e. The van der Waals surface area contributed by atoms with E-state index in [1.54, 1.807) is 0 Å². The monoisotopic (exact) mass is 307 g/mol. The van der Waals surface area contributed by atoms with Crippen LogP contribution in [0.4, 0.5) is 13.2 Å². The molecule has 0 bridgehead atoms. The van der Waals surface area contributed by atoms with Gasteiger partial charge in [-0.15, -0.1) is 0 Å². The maximum Gasteiger partial charge on any atom is 0.417 e. The van der Waals surface area contributed by atoms with E-state index in [4.69, 9.17) is 10.4 Å². The summed E-state index contributed by atoms with van der Waals surface area (Å²) in [5, 5.41) is 21.2. The highest BCUT2D eigenvalue weighted by molar-refractivity contribution is 5.84. The first-order valence-corrected chi connectivity index (χ1v) is 5.89. The number of carbonyl (C=O) groups is 1. The fourth-order valence-corrected chi connectivity index (χ4v) is 1.73. The van der Waals surface area contributed by atoms with E-state index in [0.717, 1.165) is 22.9 Å². The summed E-state index contributed by atoms with van der Waals surface area (Å²) in [6.45, 7) is 0. The van der Waals surface area contributed by atoms with Gasteiger partial charge in [0.05, 0.1) is 28.6 Å². The molecule has 0 aliphatic carbocycles. The summed E-state index contributed by atoms with van der Waals surface area (Å²) in [5.41, 5.74) is -1.14. The highest BCUT2D eigenvalue weighted by Crippen LogP contribution is 2.33. The molecule has 2 aromatic rings. The van der Waals surface area contributed by atoms with Gasteiger partial charge in [0.2, 0.25) is 0 Å². The number of hydrogen-bond donors (Lipinski definition) is 1. The summed E-state index contributed by atoms with van der Waals surface area (Å²) < 4.78 is 39.8. The SMILES string of the molecule is N#Cc1ccc(-n2ccc(C=CC(=O)O)n2)cc1C(F)(F)F. The quantitative estimate of drug-likeness (QED) is 0.884. The number of rotatable bonds is 3. The lowest BCUT2D eigenvalue weighted by molar-refractivity contribution is -0.137. The molecule has 1 aromatic heterocycles. The molecule has 22 heavy (non-hydrogen) atoms. The molecule has 112 valence electrons. The molecule has 0 radical (unpaired) electrons. The largest absolute Gasteiger partial charge is 0.478 e. The summed E-state index contributed by atoms with van der Waals surface area (Å²) >= 11 is 0. The standard InChI is InChI=1S/C14H8F3N3O2/c15-14(16,17)12-7-11(3-1-9(12)8-18)20-6-5-10(19-20)2-4-13(21)22/h1-7H,(H,21,22). The van der Waals surface area contributed by atoms with Crippen molar-refractivity contribution >= 4 is 12.0 Å². The van der Waals surface area contributed by atoms with Crippen LogP contribution in [0.3, 0.4) is 0 Å². The lowest BCUT2D eigenvalue weighted by Gasteiger charge is -2.10. The maximum absolute atomic E-state index is 12.9. The molecule has 0 aliphatic heterocycles. The van der Waals surface area contributed by atoms with Gasteiger partial charge in [0.25, 0.3) is 0 Å². The third kappa shape index (κ3) is 3.32. The molecular weight excluding hydrogens is 299 g/mol. The van der Waals surface area contributed by atoms with Crippen LogP contribution in [-0.2, 0) is 11.0 Å². The predicted molar refractivity (Wildman–Crippen MR) is 70.0 cm³/mol. The summed E-state index contributed by atoms with van der Waals surface area (Å²) in [5.74, 6) is -1.16. The second kappa shape index (κ2) is 5.73. The first-order chi connectivity index (χ1) is 10.3. The third-order valence-electron chi connectivity index (χ3n) is 2.70. The van der Waals surface area contributed by atoms with Crippen LogP contribution >= 0.6 is 0 Å². The van der Waals surface area contributed by atoms with Crippen molar-refractivity contribution in [1.29, 1.82) is 5.26 Å². The molecule has 1 heterocycles. The zero-order valence-corrected chi connectivity index (χ0v) is 10.9. The Bertz CT molecular complexity index is 785. The van der Waals surface area contributed by atoms with Crippen LogP contribution in [0.15, 0.2) is 36.5 Å². The van der Waals surface area contributed by atoms with Gasteiger partial charge in [0.1, 0.15) is 0 Å². The van der Waals surface area contributed by atoms with Gasteiger partial charge in [-0.2, -0.15) is 23.5 Å². The van der Waals surface area contributed by atoms with Gasteiger partial charge in [-0.05, 0) is 30.3 Å². The molecule has 0 unspecified atom stereocenters. The van der Waals surface area contributed by atoms with Crippen LogP contribution in [-0.4, -0.2) is 20.9 Å². The van der Waals surface area contributed by atoms with Crippen molar-refractivity contribution in [3.8, 4) is 11.8 Å². The minimum Gasteiger partial charge on any atom is -0.478 e. The highest BCUT2D eigenvalue weighted by Gasteiger charge is 2.34. The molecule has 8 heteroatoms. The van der Waals surface area contributed by atoms with Crippen molar-refractivity contribution in [2.24, 2.45) is 0 Å². The van der Waals surface area contributed by atoms with Crippen molar-refractivity contribution in [2.75, 3.05) is 0 Å². The minimum atomic E-state index is -4.65. The minimum absolute atomic E-state index is 0.112. The number of carboxylic acids is 1. The molecule has 0 saturated carbocycles. The van der Waals surface area contributed by atoms with Crippen LogP contribution in [0.2, 0.25) is 0 Å². The van der Waals surface area contributed by atoms with Crippen molar-refractivity contribution in [1.82, 2.24) is 9.78 Å². The van der Waals surface area contributed by atoms with Gasteiger partial charge in [-0.25, -0.2) is 9.48 Å². The zero-order chi connectivity index (χ0) is 16.3. The van der Waals surface area contributed by atoms with Crippen LogP contribution < -0.4 is 0 Å². The summed E-state index contributed by atoms with van der Waals surface area (Å²) in [6, 6.07) is 6.14. The van der Waals surface area contributed by atoms with Crippen LogP contribution in [0.5, 0.6) is 0 Å². The average molecular weight is 307 g/mol. The van der Waals surface area contributed by atoms with E-state index in [1.165, 1.54) is 30.5 Å². The Morgan fingerprint density at radius 1 is 1.36 bits per heavy atom. The number of aliphatic carboxylic acids is 1. The Labute approximate surface area is 122 Å². The Hall–Kier alpha value is -3.08. The van der Waals surface area contributed by atoms with Gasteiger partial charge in [0.15, 0.2) is 0 Å². The fourth-order valence-electron chi connectivity index (χ4n) is 1.73. The van der Waals surface area contributed by atoms with Crippen molar-refractivity contribution in [3.05, 3.63) is 53.4 Å². The molecule has 2 rings (SSSR count). The number of aromatic nitrogens is 2. The molecule has 0 spiro atoms. The first kappa shape index (κ1) is 15.3. The second-order valence-electron chi connectivity index (χ2n) is 4.20. The number of carboxylic acid groups (broad SMARTS) is 1. The van der Waals surface area contributed by atoms with E-state index in [1.807, 2.05) is 0 Å². The number of benzene rings is 1. The van der Waals surface area contributed by atoms with E-state index < -0.39 is 23.3 Å². The van der Waals surface area contributed by atoms with Crippen LogP contribution in [0.1, 0.15) is 16.8 Å². The van der Waals surface area contributed by atoms with Gasteiger partial charge in [0, 0.05) is 12.3 Å². The van der Waals surface area contributed by atoms with Crippen LogP contribution in [0.25, 0.3) is 11.8 Å². The Kier molecular flexibility index (Phi) is 3.99. The number of halogens is 3. The third-order valence-corrected chi connectivity index (χ3v) is 2.70. The van der Waals surface area contributed by atoms with Gasteiger partial charge in [-0.3, -0.25) is 0 Å². The topological polar surface area (TPSA) is 78.9 Å². The van der Waals surface area contributed by atoms with E-state index in [9.17, 15) is 18.0 Å². The number of nitriles is 1. The summed E-state index contributed by atoms with van der Waals surface area (Å²) in [4.78, 5) is 10.4. The fraction of sp³-hybridized carbons (Fsp3) is 0.0714. The van der Waals surface area contributed by atoms with Gasteiger partial charge in [-0.1, -0.05) is 0 Å². The van der Waals surface area contributed by atoms with Gasteiger partial charge >= 0.3 is 12.1 Å². The van der Waals surface area contributed by atoms with Crippen molar-refractivity contribution in [3.63, 3.8) is 0 Å². The molecule has 0 aliphatic rings. The Morgan fingerprint density at radius 2 is 2.09 bits per heavy atom. The number of nitrogens with zero attached hydrogens (tertiary/aromatic N) is 3. The first-order valence-electron chi connectivity index (χ1n) is 5.89. The van der Waals surface area contributed by atoms with Gasteiger partial charge < -0.3 is 5.11 Å². The van der Waals surface area contributed by atoms with E-state index in [-0.39, 0.29) is 11.4 Å². The lowest BCUT2D eigenvalue weighted by atomic mass is 10.1. The zero-order valence-electron chi connectivity index (χ0n) is 10.9. The maximum atomic E-state index is 12.9. The Balaban J connectivity index is 2.42. The molecule has 1 N–H and O–H groups in total. The van der Waals surface area contributed by atoms with E-state index >= 15 is 0 Å². The van der Waals surface area contributed by atoms with Crippen LogP contribution in [0, 0.1) is 11.3 Å². The van der Waals surface area contributed by atoms with E-state index in [0.29, 0.717) is 0 Å². The van der Waals surface area contributed by atoms with Crippen molar-refractivity contribution < 1.29 is 23.1 Å². The molecule has 5 nitrogen and oxygen atoms in total. The lowest BCUT2D eigenvalue weighted by Crippen LogP contribution is -2.09.